The molecule has 1 amide bonds. The minimum atomic E-state index is -3.82. The molecule has 0 spiro atoms. The first-order valence-electron chi connectivity index (χ1n) is 8.37. The molecule has 0 aliphatic heterocycles. The molecule has 28 heavy (non-hydrogen) atoms. The first kappa shape index (κ1) is 20.0. The van der Waals surface area contributed by atoms with Gasteiger partial charge in [0.25, 0.3) is 5.91 Å². The molecule has 0 aliphatic rings. The Labute approximate surface area is 166 Å². The Hall–Kier alpha value is -2.75. The Morgan fingerprint density at radius 2 is 2.04 bits per heavy atom. The van der Waals surface area contributed by atoms with E-state index in [9.17, 15) is 13.2 Å². The molecule has 7 nitrogen and oxygen atoms in total. The molecule has 0 aliphatic carbocycles. The van der Waals surface area contributed by atoms with Gasteiger partial charge >= 0.3 is 0 Å². The van der Waals surface area contributed by atoms with Crippen molar-refractivity contribution >= 4 is 37.5 Å². The maximum absolute atomic E-state index is 12.5. The normalized spacial score (nSPS) is 13.4. The third-order valence-corrected chi connectivity index (χ3v) is 5.86. The van der Waals surface area contributed by atoms with Gasteiger partial charge in [0.2, 0.25) is 10.0 Å². The fourth-order valence-corrected chi connectivity index (χ4v) is 4.26. The number of aromatic nitrogens is 1. The lowest BCUT2D eigenvalue weighted by Crippen LogP contribution is -2.25. The van der Waals surface area contributed by atoms with Crippen LogP contribution in [0.3, 0.4) is 0 Å². The smallest absolute Gasteiger partial charge is 0.289 e. The van der Waals surface area contributed by atoms with Crippen LogP contribution in [0.15, 0.2) is 71.1 Å². The molecule has 0 bridgehead atoms. The molecule has 3 aromatic rings. The summed E-state index contributed by atoms with van der Waals surface area (Å²) in [4.78, 5) is 17.2. The molecule has 0 radical (unpaired) electrons. The number of hydrogen-bond acceptors (Lipinski definition) is 5. The van der Waals surface area contributed by atoms with E-state index in [0.717, 1.165) is 5.52 Å². The Balaban J connectivity index is 2.01. The summed E-state index contributed by atoms with van der Waals surface area (Å²) in [5, 5.41) is 5.20. The molecule has 9 heteroatoms. The first-order chi connectivity index (χ1) is 13.3. The van der Waals surface area contributed by atoms with E-state index in [1.54, 1.807) is 35.8 Å². The van der Waals surface area contributed by atoms with Gasteiger partial charge in [0.15, 0.2) is 10.9 Å². The fraction of sp³-hybridized carbons (Fsp3) is 0.158. The lowest BCUT2D eigenvalue weighted by atomic mass is 10.3. The number of rotatable bonds is 6. The molecule has 1 aromatic heterocycles. The van der Waals surface area contributed by atoms with Crippen LogP contribution in [0.5, 0.6) is 5.75 Å². The highest BCUT2D eigenvalue weighted by molar-refractivity contribution is 7.89. The number of primary sulfonamides is 1. The molecule has 146 valence electrons. The van der Waals surface area contributed by atoms with Crippen LogP contribution in [-0.2, 0) is 21.4 Å². The zero-order valence-corrected chi connectivity index (χ0v) is 16.7. The van der Waals surface area contributed by atoms with E-state index in [-0.39, 0.29) is 4.90 Å². The number of ether oxygens (including phenoxy) is 1. The number of sulfonamides is 1. The molecule has 2 N–H and O–H groups in total. The number of benzene rings is 2. The number of hydrogen-bond donors (Lipinski definition) is 1. The SMILES string of the molecule is C=CCn1c(=NC(=O)C(C)Oc2ccccc2)sc2cc(S(N)(=O)=O)ccc21. The predicted octanol–water partition coefficient (Wildman–Crippen LogP) is 2.43. The molecule has 1 unspecified atom stereocenters. The number of allylic oxidation sites excluding steroid dienone is 1. The van der Waals surface area contributed by atoms with Crippen LogP contribution in [0.2, 0.25) is 0 Å². The van der Waals surface area contributed by atoms with Crippen molar-refractivity contribution in [1.82, 2.24) is 4.57 Å². The quantitative estimate of drug-likeness (QED) is 0.622. The minimum Gasteiger partial charge on any atom is -0.481 e. The van der Waals surface area contributed by atoms with Crippen molar-refractivity contribution in [2.24, 2.45) is 10.1 Å². The fourth-order valence-electron chi connectivity index (χ4n) is 2.56. The summed E-state index contributed by atoms with van der Waals surface area (Å²) in [6.07, 6.45) is 0.900. The Bertz CT molecular complexity index is 1190. The van der Waals surface area contributed by atoms with E-state index >= 15 is 0 Å². The monoisotopic (exact) mass is 417 g/mol. The predicted molar refractivity (Wildman–Crippen MR) is 108 cm³/mol. The van der Waals surface area contributed by atoms with Gasteiger partial charge in [-0.15, -0.1) is 6.58 Å². The highest BCUT2D eigenvalue weighted by atomic mass is 32.2. The number of para-hydroxylation sites is 1. The van der Waals surface area contributed by atoms with Crippen LogP contribution >= 0.6 is 11.3 Å². The van der Waals surface area contributed by atoms with Crippen LogP contribution < -0.4 is 14.7 Å². The van der Waals surface area contributed by atoms with Crippen molar-refractivity contribution in [3.63, 3.8) is 0 Å². The van der Waals surface area contributed by atoms with E-state index in [1.807, 2.05) is 18.2 Å². The van der Waals surface area contributed by atoms with Crippen molar-refractivity contribution < 1.29 is 17.9 Å². The van der Waals surface area contributed by atoms with Crippen molar-refractivity contribution in [1.29, 1.82) is 0 Å². The van der Waals surface area contributed by atoms with Gasteiger partial charge < -0.3 is 9.30 Å². The van der Waals surface area contributed by atoms with Gasteiger partial charge in [-0.25, -0.2) is 13.6 Å². The van der Waals surface area contributed by atoms with Gasteiger partial charge in [0.1, 0.15) is 5.75 Å². The van der Waals surface area contributed by atoms with Gasteiger partial charge in [-0.05, 0) is 37.3 Å². The standard InChI is InChI=1S/C19H19N3O4S2/c1-3-11-22-16-10-9-15(28(20,24)25)12-17(16)27-19(22)21-18(23)13(2)26-14-7-5-4-6-8-14/h3-10,12-13H,1,11H2,2H3,(H2,20,24,25). The van der Waals surface area contributed by atoms with Gasteiger partial charge in [-0.3, -0.25) is 4.79 Å². The highest BCUT2D eigenvalue weighted by Gasteiger charge is 2.16. The van der Waals surface area contributed by atoms with Crippen molar-refractivity contribution in [3.8, 4) is 5.75 Å². The summed E-state index contributed by atoms with van der Waals surface area (Å²) in [5.74, 6) is 0.131. The topological polar surface area (TPSA) is 104 Å². The number of fused-ring (bicyclic) bond motifs is 1. The summed E-state index contributed by atoms with van der Waals surface area (Å²) < 4.78 is 31.3. The molecule has 0 saturated heterocycles. The number of nitrogens with zero attached hydrogens (tertiary/aromatic N) is 2. The van der Waals surface area contributed by atoms with E-state index in [1.165, 1.54) is 23.5 Å². The maximum atomic E-state index is 12.5. The van der Waals surface area contributed by atoms with Crippen molar-refractivity contribution in [2.45, 2.75) is 24.5 Å². The number of carbonyl (C=O) groups excluding carboxylic acids is 1. The van der Waals surface area contributed by atoms with Crippen LogP contribution in [0.4, 0.5) is 0 Å². The summed E-state index contributed by atoms with van der Waals surface area (Å²) in [5.41, 5.74) is 0.737. The third-order valence-electron chi connectivity index (χ3n) is 3.90. The minimum absolute atomic E-state index is 0.00524. The van der Waals surface area contributed by atoms with Gasteiger partial charge in [0.05, 0.1) is 15.1 Å². The largest absolute Gasteiger partial charge is 0.481 e. The second kappa shape index (κ2) is 8.09. The van der Waals surface area contributed by atoms with Gasteiger partial charge in [-0.2, -0.15) is 4.99 Å². The lowest BCUT2D eigenvalue weighted by Gasteiger charge is -2.10. The molecule has 1 atom stereocenters. The molecule has 2 aromatic carbocycles. The molecule has 0 fully saturated rings. The number of amides is 1. The summed E-state index contributed by atoms with van der Waals surface area (Å²) in [7, 11) is -3.82. The number of carbonyl (C=O) groups is 1. The van der Waals surface area contributed by atoms with E-state index in [0.29, 0.717) is 21.8 Å². The summed E-state index contributed by atoms with van der Waals surface area (Å²) in [6, 6.07) is 13.6. The van der Waals surface area contributed by atoms with Crippen molar-refractivity contribution in [3.05, 3.63) is 66.0 Å². The lowest BCUT2D eigenvalue weighted by molar-refractivity contribution is -0.124. The summed E-state index contributed by atoms with van der Waals surface area (Å²) >= 11 is 1.20. The van der Waals surface area contributed by atoms with Crippen LogP contribution in [0.1, 0.15) is 6.92 Å². The second-order valence-corrected chi connectivity index (χ2v) is 8.55. The number of nitrogens with two attached hydrogens (primary N) is 1. The molecule has 3 rings (SSSR count). The first-order valence-corrected chi connectivity index (χ1v) is 10.7. The van der Waals surface area contributed by atoms with Crippen LogP contribution in [0, 0.1) is 0 Å². The molecule has 1 heterocycles. The van der Waals surface area contributed by atoms with E-state index < -0.39 is 22.0 Å². The van der Waals surface area contributed by atoms with Gasteiger partial charge in [0, 0.05) is 6.54 Å². The van der Waals surface area contributed by atoms with Crippen LogP contribution in [-0.4, -0.2) is 25.0 Å². The van der Waals surface area contributed by atoms with Crippen molar-refractivity contribution in [2.75, 3.05) is 0 Å². The second-order valence-electron chi connectivity index (χ2n) is 5.98. The molecular formula is C19H19N3O4S2. The average molecular weight is 418 g/mol. The Kier molecular flexibility index (Phi) is 5.78. The zero-order chi connectivity index (χ0) is 20.3. The van der Waals surface area contributed by atoms with Gasteiger partial charge in [-0.1, -0.05) is 35.6 Å². The molecule has 0 saturated carbocycles. The maximum Gasteiger partial charge on any atom is 0.289 e. The van der Waals surface area contributed by atoms with E-state index in [2.05, 4.69) is 11.6 Å². The highest BCUT2D eigenvalue weighted by Crippen LogP contribution is 2.21. The average Bonchev–Trinajstić information content (AvgIpc) is 2.98. The Morgan fingerprint density at radius 3 is 2.68 bits per heavy atom. The molecular weight excluding hydrogens is 398 g/mol. The Morgan fingerprint density at radius 1 is 1.32 bits per heavy atom. The van der Waals surface area contributed by atoms with Crippen LogP contribution in [0.25, 0.3) is 10.2 Å². The number of thiazole rings is 1. The van der Waals surface area contributed by atoms with E-state index in [4.69, 9.17) is 9.88 Å². The summed E-state index contributed by atoms with van der Waals surface area (Å²) in [6.45, 7) is 5.77. The third kappa shape index (κ3) is 4.38. The zero-order valence-electron chi connectivity index (χ0n) is 15.1.